The first-order chi connectivity index (χ1) is 14.7. The van der Waals surface area contributed by atoms with Gasteiger partial charge in [-0.15, -0.1) is 6.58 Å². The van der Waals surface area contributed by atoms with Crippen LogP contribution in [0.15, 0.2) is 67.5 Å². The number of rotatable bonds is 11. The van der Waals surface area contributed by atoms with Gasteiger partial charge in [0, 0.05) is 5.56 Å². The third-order valence-corrected chi connectivity index (χ3v) is 4.15. The molecule has 0 aliphatic rings. The van der Waals surface area contributed by atoms with Gasteiger partial charge in [0.05, 0.1) is 23.5 Å². The topological polar surface area (TPSA) is 44.8 Å². The van der Waals surface area contributed by atoms with E-state index in [2.05, 4.69) is 13.2 Å². The fourth-order valence-electron chi connectivity index (χ4n) is 2.98. The molecule has 0 N–H and O–H groups in total. The summed E-state index contributed by atoms with van der Waals surface area (Å²) in [6.45, 7) is 17.2. The molecule has 0 saturated heterocycles. The van der Waals surface area contributed by atoms with E-state index in [0.29, 0.717) is 35.0 Å². The van der Waals surface area contributed by atoms with Crippen LogP contribution < -0.4 is 14.2 Å². The molecule has 4 nitrogen and oxygen atoms in total. The SMILES string of the molecule is C=CCc1ccc(OC(C)C)c(C=CC(=O)c2ccc(OC(=C)C)cc2)c1OC(C)C. The van der Waals surface area contributed by atoms with Gasteiger partial charge in [-0.2, -0.15) is 0 Å². The van der Waals surface area contributed by atoms with E-state index in [1.54, 1.807) is 43.3 Å². The van der Waals surface area contributed by atoms with Crippen molar-refractivity contribution >= 4 is 11.9 Å². The number of hydrogen-bond donors (Lipinski definition) is 0. The molecular formula is C27H32O4. The molecule has 0 aliphatic heterocycles. The van der Waals surface area contributed by atoms with Gasteiger partial charge in [0.25, 0.3) is 0 Å². The Hall–Kier alpha value is -3.27. The van der Waals surface area contributed by atoms with Crippen molar-refractivity contribution in [1.82, 2.24) is 0 Å². The minimum absolute atomic E-state index is 0.0131. The second-order valence-electron chi connectivity index (χ2n) is 7.82. The van der Waals surface area contributed by atoms with Crippen molar-refractivity contribution in [1.29, 1.82) is 0 Å². The number of carbonyl (C=O) groups excluding carboxylic acids is 1. The van der Waals surface area contributed by atoms with E-state index in [-0.39, 0.29) is 18.0 Å². The molecule has 0 aliphatic carbocycles. The van der Waals surface area contributed by atoms with E-state index in [4.69, 9.17) is 14.2 Å². The normalized spacial score (nSPS) is 11.1. The van der Waals surface area contributed by atoms with Crippen molar-refractivity contribution in [3.63, 3.8) is 0 Å². The van der Waals surface area contributed by atoms with Gasteiger partial charge in [0.15, 0.2) is 5.78 Å². The zero-order chi connectivity index (χ0) is 23.0. The third-order valence-electron chi connectivity index (χ3n) is 4.15. The van der Waals surface area contributed by atoms with Crippen LogP contribution in [0.1, 0.15) is 56.1 Å². The van der Waals surface area contributed by atoms with Gasteiger partial charge in [0.1, 0.15) is 17.2 Å². The quantitative estimate of drug-likeness (QED) is 0.174. The number of hydrogen-bond acceptors (Lipinski definition) is 4. The minimum Gasteiger partial charge on any atom is -0.490 e. The molecule has 4 heteroatoms. The summed E-state index contributed by atoms with van der Waals surface area (Å²) in [5.41, 5.74) is 2.30. The largest absolute Gasteiger partial charge is 0.490 e. The van der Waals surface area contributed by atoms with Gasteiger partial charge in [-0.3, -0.25) is 4.79 Å². The monoisotopic (exact) mass is 420 g/mol. The van der Waals surface area contributed by atoms with Gasteiger partial charge in [-0.25, -0.2) is 0 Å². The number of ether oxygens (including phenoxy) is 3. The lowest BCUT2D eigenvalue weighted by Gasteiger charge is -2.20. The highest BCUT2D eigenvalue weighted by Gasteiger charge is 2.16. The Bertz CT molecular complexity index is 950. The molecule has 0 bridgehead atoms. The average molecular weight is 421 g/mol. The van der Waals surface area contributed by atoms with Crippen LogP contribution in [0.25, 0.3) is 6.08 Å². The Labute approximate surface area is 185 Å². The van der Waals surface area contributed by atoms with Gasteiger partial charge < -0.3 is 14.2 Å². The molecule has 0 atom stereocenters. The minimum atomic E-state index is -0.123. The second-order valence-corrected chi connectivity index (χ2v) is 7.82. The fourth-order valence-corrected chi connectivity index (χ4v) is 2.98. The summed E-state index contributed by atoms with van der Waals surface area (Å²) in [4.78, 5) is 12.8. The molecule has 0 spiro atoms. The van der Waals surface area contributed by atoms with E-state index < -0.39 is 0 Å². The van der Waals surface area contributed by atoms with E-state index >= 15 is 0 Å². The molecule has 0 heterocycles. The van der Waals surface area contributed by atoms with E-state index in [1.807, 2.05) is 45.9 Å². The molecule has 0 aromatic heterocycles. The van der Waals surface area contributed by atoms with E-state index in [9.17, 15) is 4.79 Å². The molecule has 0 amide bonds. The molecule has 2 aromatic rings. The van der Waals surface area contributed by atoms with Crippen molar-refractivity contribution in [2.45, 2.75) is 53.2 Å². The zero-order valence-corrected chi connectivity index (χ0v) is 19.1. The highest BCUT2D eigenvalue weighted by Crippen LogP contribution is 2.36. The molecule has 0 saturated carbocycles. The Balaban J connectivity index is 2.42. The Morgan fingerprint density at radius 3 is 2.19 bits per heavy atom. The average Bonchev–Trinajstić information content (AvgIpc) is 2.68. The number of carbonyl (C=O) groups is 1. The van der Waals surface area contributed by atoms with Crippen molar-refractivity contribution in [3.05, 3.63) is 84.2 Å². The first kappa shape index (κ1) is 24.0. The molecule has 31 heavy (non-hydrogen) atoms. The number of benzene rings is 2. The molecular weight excluding hydrogens is 388 g/mol. The Morgan fingerprint density at radius 2 is 1.65 bits per heavy atom. The highest BCUT2D eigenvalue weighted by molar-refractivity contribution is 6.07. The van der Waals surface area contributed by atoms with Gasteiger partial charge >= 0.3 is 0 Å². The van der Waals surface area contributed by atoms with Gasteiger partial charge in [-0.05, 0) is 89.1 Å². The summed E-state index contributed by atoms with van der Waals surface area (Å²) in [5.74, 6) is 2.50. The maximum absolute atomic E-state index is 12.8. The maximum Gasteiger partial charge on any atom is 0.185 e. The zero-order valence-electron chi connectivity index (χ0n) is 19.1. The first-order valence-corrected chi connectivity index (χ1v) is 10.5. The standard InChI is InChI=1S/C27H32O4/c1-8-9-22-12-17-26(30-19(4)5)24(27(22)31-20(6)7)15-16-25(28)21-10-13-23(14-11-21)29-18(2)3/h8,10-17,19-20H,1-2,9H2,3-7H3. The van der Waals surface area contributed by atoms with Crippen LogP contribution in [0.3, 0.4) is 0 Å². The highest BCUT2D eigenvalue weighted by atomic mass is 16.5. The molecule has 0 fully saturated rings. The van der Waals surface area contributed by atoms with Crippen LogP contribution >= 0.6 is 0 Å². The third kappa shape index (κ3) is 7.18. The summed E-state index contributed by atoms with van der Waals surface area (Å²) < 4.78 is 17.6. The Morgan fingerprint density at radius 1 is 1.00 bits per heavy atom. The molecule has 2 aromatic carbocycles. The van der Waals surface area contributed by atoms with Crippen LogP contribution in [0.2, 0.25) is 0 Å². The van der Waals surface area contributed by atoms with Crippen LogP contribution in [0.5, 0.6) is 17.2 Å². The van der Waals surface area contributed by atoms with Crippen LogP contribution in [-0.4, -0.2) is 18.0 Å². The lowest BCUT2D eigenvalue weighted by atomic mass is 10.0. The fraction of sp³-hybridized carbons (Fsp3) is 0.296. The van der Waals surface area contributed by atoms with Crippen LogP contribution in [0.4, 0.5) is 0 Å². The smallest absolute Gasteiger partial charge is 0.185 e. The first-order valence-electron chi connectivity index (χ1n) is 10.5. The van der Waals surface area contributed by atoms with Gasteiger partial charge in [0.2, 0.25) is 0 Å². The van der Waals surface area contributed by atoms with Crippen molar-refractivity contribution < 1.29 is 19.0 Å². The maximum atomic E-state index is 12.8. The number of ketones is 1. The van der Waals surface area contributed by atoms with E-state index in [0.717, 1.165) is 11.1 Å². The van der Waals surface area contributed by atoms with Crippen LogP contribution in [-0.2, 0) is 6.42 Å². The molecule has 0 radical (unpaired) electrons. The summed E-state index contributed by atoms with van der Waals surface area (Å²) in [6, 6.07) is 10.9. The Kier molecular flexibility index (Phi) is 8.68. The van der Waals surface area contributed by atoms with Crippen molar-refractivity contribution in [3.8, 4) is 17.2 Å². The molecule has 2 rings (SSSR count). The number of allylic oxidation sites excluding steroid dienone is 3. The van der Waals surface area contributed by atoms with Crippen molar-refractivity contribution in [2.24, 2.45) is 0 Å². The molecule has 0 unspecified atom stereocenters. The summed E-state index contributed by atoms with van der Waals surface area (Å²) in [6.07, 6.45) is 5.76. The predicted octanol–water partition coefficient (Wildman–Crippen LogP) is 6.80. The summed E-state index contributed by atoms with van der Waals surface area (Å²) in [5, 5.41) is 0. The summed E-state index contributed by atoms with van der Waals surface area (Å²) in [7, 11) is 0. The lowest BCUT2D eigenvalue weighted by Crippen LogP contribution is -2.12. The van der Waals surface area contributed by atoms with Gasteiger partial charge in [-0.1, -0.05) is 18.7 Å². The van der Waals surface area contributed by atoms with E-state index in [1.165, 1.54) is 0 Å². The lowest BCUT2D eigenvalue weighted by molar-refractivity contribution is 0.104. The summed E-state index contributed by atoms with van der Waals surface area (Å²) >= 11 is 0. The predicted molar refractivity (Wildman–Crippen MR) is 127 cm³/mol. The van der Waals surface area contributed by atoms with Crippen LogP contribution in [0, 0.1) is 0 Å². The second kappa shape index (κ2) is 11.2. The molecule has 164 valence electrons. The van der Waals surface area contributed by atoms with Crippen molar-refractivity contribution in [2.75, 3.05) is 0 Å².